The first-order chi connectivity index (χ1) is 8.18. The molecule has 2 N–H and O–H groups in total. The van der Waals surface area contributed by atoms with Crippen LogP contribution in [-0.2, 0) is 0 Å². The molecule has 0 aromatic rings. The lowest BCUT2D eigenvalue weighted by Gasteiger charge is -2.42. The van der Waals surface area contributed by atoms with Crippen molar-refractivity contribution in [2.45, 2.75) is 58.8 Å². The van der Waals surface area contributed by atoms with Gasteiger partial charge in [0.2, 0.25) is 0 Å². The van der Waals surface area contributed by atoms with E-state index in [1.165, 1.54) is 71.1 Å². The fourth-order valence-corrected chi connectivity index (χ4v) is 3.60. The zero-order valence-electron chi connectivity index (χ0n) is 11.8. The third-order valence-electron chi connectivity index (χ3n) is 4.95. The third-order valence-corrected chi connectivity index (χ3v) is 4.95. The summed E-state index contributed by atoms with van der Waals surface area (Å²) in [5, 5.41) is 7.38. The molecule has 2 fully saturated rings. The summed E-state index contributed by atoms with van der Waals surface area (Å²) in [6.07, 6.45) is 9.78. The maximum atomic E-state index is 3.78. The lowest BCUT2D eigenvalue weighted by molar-refractivity contribution is 0.131. The van der Waals surface area contributed by atoms with E-state index in [9.17, 15) is 0 Å². The van der Waals surface area contributed by atoms with Gasteiger partial charge in [-0.2, -0.15) is 0 Å². The zero-order chi connectivity index (χ0) is 12.2. The fraction of sp³-hybridized carbons (Fsp3) is 1.00. The van der Waals surface area contributed by atoms with Crippen LogP contribution in [0.1, 0.15) is 58.8 Å². The molecule has 1 atom stereocenters. The lowest BCUT2D eigenvalue weighted by atomic mass is 9.70. The summed E-state index contributed by atoms with van der Waals surface area (Å²) < 4.78 is 0. The Morgan fingerprint density at radius 2 is 1.94 bits per heavy atom. The Morgan fingerprint density at radius 1 is 1.12 bits per heavy atom. The van der Waals surface area contributed by atoms with Gasteiger partial charge in [-0.1, -0.05) is 26.7 Å². The van der Waals surface area contributed by atoms with E-state index in [1.807, 2.05) is 0 Å². The number of hydrogen-bond donors (Lipinski definition) is 2. The summed E-state index contributed by atoms with van der Waals surface area (Å²) in [6.45, 7) is 9.67. The normalized spacial score (nSPS) is 32.1. The van der Waals surface area contributed by atoms with Crippen molar-refractivity contribution in [3.05, 3.63) is 0 Å². The van der Waals surface area contributed by atoms with Gasteiger partial charge in [0.05, 0.1) is 0 Å². The van der Waals surface area contributed by atoms with Crippen LogP contribution in [-0.4, -0.2) is 26.2 Å². The largest absolute Gasteiger partial charge is 0.316 e. The Labute approximate surface area is 107 Å². The molecular formula is C15H30N2. The number of nitrogens with one attached hydrogen (secondary N) is 2. The molecule has 2 heteroatoms. The molecule has 0 aromatic heterocycles. The Balaban J connectivity index is 1.76. The SMILES string of the molecule is CCCC1(CNCC2(C)CCC2)CCCNC1. The van der Waals surface area contributed by atoms with E-state index in [2.05, 4.69) is 24.5 Å². The van der Waals surface area contributed by atoms with Crippen molar-refractivity contribution in [2.75, 3.05) is 26.2 Å². The molecule has 1 aliphatic carbocycles. The molecule has 17 heavy (non-hydrogen) atoms. The maximum Gasteiger partial charge on any atom is 0.00202 e. The van der Waals surface area contributed by atoms with Crippen LogP contribution in [0.2, 0.25) is 0 Å². The van der Waals surface area contributed by atoms with Gasteiger partial charge in [-0.15, -0.1) is 0 Å². The van der Waals surface area contributed by atoms with Crippen LogP contribution in [0.25, 0.3) is 0 Å². The average Bonchev–Trinajstić information content (AvgIpc) is 2.28. The molecule has 1 aliphatic heterocycles. The van der Waals surface area contributed by atoms with Crippen LogP contribution in [0, 0.1) is 10.8 Å². The Kier molecular flexibility index (Phi) is 4.48. The number of rotatable bonds is 6. The molecule has 0 amide bonds. The Morgan fingerprint density at radius 3 is 2.47 bits per heavy atom. The average molecular weight is 238 g/mol. The highest BCUT2D eigenvalue weighted by molar-refractivity contribution is 4.90. The third kappa shape index (κ3) is 3.45. The van der Waals surface area contributed by atoms with Crippen molar-refractivity contribution >= 4 is 0 Å². The van der Waals surface area contributed by atoms with Gasteiger partial charge >= 0.3 is 0 Å². The van der Waals surface area contributed by atoms with Crippen LogP contribution in [0.3, 0.4) is 0 Å². The van der Waals surface area contributed by atoms with E-state index in [0.29, 0.717) is 10.8 Å². The topological polar surface area (TPSA) is 24.1 Å². The molecule has 2 nitrogen and oxygen atoms in total. The summed E-state index contributed by atoms with van der Waals surface area (Å²) in [6, 6.07) is 0. The Bertz CT molecular complexity index is 222. The van der Waals surface area contributed by atoms with Crippen LogP contribution >= 0.6 is 0 Å². The zero-order valence-corrected chi connectivity index (χ0v) is 11.8. The van der Waals surface area contributed by atoms with E-state index < -0.39 is 0 Å². The van der Waals surface area contributed by atoms with Gasteiger partial charge in [0, 0.05) is 19.6 Å². The highest BCUT2D eigenvalue weighted by atomic mass is 14.9. The molecule has 100 valence electrons. The molecule has 1 saturated carbocycles. The smallest absolute Gasteiger partial charge is 0.00202 e. The van der Waals surface area contributed by atoms with Crippen molar-refractivity contribution in [1.82, 2.24) is 10.6 Å². The molecule has 1 unspecified atom stereocenters. The summed E-state index contributed by atoms with van der Waals surface area (Å²) in [5.74, 6) is 0. The number of piperidine rings is 1. The minimum absolute atomic E-state index is 0.549. The first kappa shape index (κ1) is 13.4. The van der Waals surface area contributed by atoms with Crippen molar-refractivity contribution < 1.29 is 0 Å². The summed E-state index contributed by atoms with van der Waals surface area (Å²) in [5.41, 5.74) is 1.17. The van der Waals surface area contributed by atoms with Crippen LogP contribution in [0.4, 0.5) is 0 Å². The summed E-state index contributed by atoms with van der Waals surface area (Å²) >= 11 is 0. The highest BCUT2D eigenvalue weighted by Crippen LogP contribution is 2.40. The molecular weight excluding hydrogens is 208 g/mol. The van der Waals surface area contributed by atoms with Gasteiger partial charge in [0.1, 0.15) is 0 Å². The molecule has 0 radical (unpaired) electrons. The second-order valence-corrected chi connectivity index (χ2v) is 6.80. The predicted molar refractivity (Wildman–Crippen MR) is 74.3 cm³/mol. The quantitative estimate of drug-likeness (QED) is 0.743. The monoisotopic (exact) mass is 238 g/mol. The van der Waals surface area contributed by atoms with Gasteiger partial charge in [-0.3, -0.25) is 0 Å². The second kappa shape index (κ2) is 5.71. The Hall–Kier alpha value is -0.0800. The first-order valence-electron chi connectivity index (χ1n) is 7.60. The standard InChI is InChI=1S/C15H30N2/c1-3-6-15(9-5-10-16-12-15)13-17-11-14(2)7-4-8-14/h16-17H,3-13H2,1-2H3. The van der Waals surface area contributed by atoms with Gasteiger partial charge in [0.15, 0.2) is 0 Å². The van der Waals surface area contributed by atoms with Crippen molar-refractivity contribution in [1.29, 1.82) is 0 Å². The summed E-state index contributed by atoms with van der Waals surface area (Å²) in [4.78, 5) is 0. The van der Waals surface area contributed by atoms with Gasteiger partial charge in [-0.25, -0.2) is 0 Å². The molecule has 2 aliphatic rings. The van der Waals surface area contributed by atoms with Gasteiger partial charge in [-0.05, 0) is 49.5 Å². The van der Waals surface area contributed by atoms with E-state index in [0.717, 1.165) is 0 Å². The number of hydrogen-bond acceptors (Lipinski definition) is 2. The van der Waals surface area contributed by atoms with Crippen molar-refractivity contribution in [2.24, 2.45) is 10.8 Å². The van der Waals surface area contributed by atoms with E-state index in [-0.39, 0.29) is 0 Å². The van der Waals surface area contributed by atoms with Gasteiger partial charge < -0.3 is 10.6 Å². The van der Waals surface area contributed by atoms with Crippen LogP contribution in [0.15, 0.2) is 0 Å². The summed E-state index contributed by atoms with van der Waals surface area (Å²) in [7, 11) is 0. The van der Waals surface area contributed by atoms with E-state index in [4.69, 9.17) is 0 Å². The lowest BCUT2D eigenvalue weighted by Crippen LogP contribution is -2.48. The molecule has 0 spiro atoms. The highest BCUT2D eigenvalue weighted by Gasteiger charge is 2.34. The van der Waals surface area contributed by atoms with E-state index >= 15 is 0 Å². The van der Waals surface area contributed by atoms with E-state index in [1.54, 1.807) is 0 Å². The van der Waals surface area contributed by atoms with Crippen molar-refractivity contribution in [3.8, 4) is 0 Å². The first-order valence-corrected chi connectivity index (χ1v) is 7.60. The predicted octanol–water partition coefficient (Wildman–Crippen LogP) is 2.94. The minimum atomic E-state index is 0.549. The molecule has 1 saturated heterocycles. The molecule has 0 bridgehead atoms. The fourth-order valence-electron chi connectivity index (χ4n) is 3.60. The van der Waals surface area contributed by atoms with Crippen LogP contribution < -0.4 is 10.6 Å². The molecule has 2 rings (SSSR count). The van der Waals surface area contributed by atoms with Crippen molar-refractivity contribution in [3.63, 3.8) is 0 Å². The second-order valence-electron chi connectivity index (χ2n) is 6.80. The minimum Gasteiger partial charge on any atom is -0.316 e. The maximum absolute atomic E-state index is 3.78. The van der Waals surface area contributed by atoms with Gasteiger partial charge in [0.25, 0.3) is 0 Å². The van der Waals surface area contributed by atoms with Crippen LogP contribution in [0.5, 0.6) is 0 Å². The molecule has 1 heterocycles. The molecule has 0 aromatic carbocycles.